The lowest BCUT2D eigenvalue weighted by molar-refractivity contribution is 0.0992. The van der Waals surface area contributed by atoms with E-state index >= 15 is 0 Å². The van der Waals surface area contributed by atoms with Gasteiger partial charge in [0.25, 0.3) is 0 Å². The van der Waals surface area contributed by atoms with Gasteiger partial charge in [0.05, 0.1) is 17.5 Å². The first-order valence-electron chi connectivity index (χ1n) is 3.15. The number of carbonyl (C=O) groups excluding carboxylic acids is 2. The Morgan fingerprint density at radius 3 is 2.64 bits per heavy atom. The third kappa shape index (κ3) is 0.741. The van der Waals surface area contributed by atoms with Gasteiger partial charge in [0, 0.05) is 0 Å². The van der Waals surface area contributed by atoms with Crippen LogP contribution < -0.4 is 0 Å². The van der Waals surface area contributed by atoms with Crippen molar-refractivity contribution < 1.29 is 9.59 Å². The van der Waals surface area contributed by atoms with Crippen molar-refractivity contribution in [3.05, 3.63) is 35.7 Å². The van der Waals surface area contributed by atoms with Crippen LogP contribution in [0.2, 0.25) is 0 Å². The molecule has 2 rings (SSSR count). The standard InChI is InChI=1S/C8H4NO2/c10-6-1-2-7(11)8-5(6)3-4-9-8/h1-3,9H. The number of rotatable bonds is 0. The zero-order valence-corrected chi connectivity index (χ0v) is 5.55. The molecule has 0 spiro atoms. The summed E-state index contributed by atoms with van der Waals surface area (Å²) in [5.41, 5.74) is 0.759. The summed E-state index contributed by atoms with van der Waals surface area (Å²) < 4.78 is 0. The number of hydrogen-bond donors (Lipinski definition) is 1. The van der Waals surface area contributed by atoms with Crippen molar-refractivity contribution in [3.8, 4) is 0 Å². The summed E-state index contributed by atoms with van der Waals surface area (Å²) in [4.78, 5) is 24.6. The average molecular weight is 146 g/mol. The number of ketones is 2. The molecular weight excluding hydrogens is 142 g/mol. The normalized spacial score (nSPS) is 15.3. The summed E-state index contributed by atoms with van der Waals surface area (Å²) in [5, 5.41) is 0. The fourth-order valence-corrected chi connectivity index (χ4v) is 1.03. The number of allylic oxidation sites excluding steroid dienone is 2. The van der Waals surface area contributed by atoms with Gasteiger partial charge in [0.1, 0.15) is 0 Å². The molecule has 53 valence electrons. The molecule has 1 radical (unpaired) electrons. The molecule has 3 nitrogen and oxygen atoms in total. The minimum Gasteiger partial charge on any atom is -0.350 e. The van der Waals surface area contributed by atoms with Crippen LogP contribution in [0.1, 0.15) is 20.8 Å². The van der Waals surface area contributed by atoms with Crippen molar-refractivity contribution in [1.29, 1.82) is 0 Å². The predicted molar refractivity (Wildman–Crippen MR) is 37.4 cm³/mol. The first-order valence-corrected chi connectivity index (χ1v) is 3.15. The van der Waals surface area contributed by atoms with Crippen molar-refractivity contribution in [2.24, 2.45) is 0 Å². The Morgan fingerprint density at radius 2 is 1.91 bits per heavy atom. The van der Waals surface area contributed by atoms with Crippen LogP contribution in [-0.4, -0.2) is 16.6 Å². The van der Waals surface area contributed by atoms with Gasteiger partial charge in [-0.3, -0.25) is 9.59 Å². The molecule has 3 heteroatoms. The number of aromatic amines is 1. The topological polar surface area (TPSA) is 49.9 Å². The fourth-order valence-electron chi connectivity index (χ4n) is 1.03. The van der Waals surface area contributed by atoms with E-state index in [1.54, 1.807) is 0 Å². The Labute approximate surface area is 62.7 Å². The number of H-pyrrole nitrogens is 1. The van der Waals surface area contributed by atoms with Crippen LogP contribution in [0.4, 0.5) is 0 Å². The zero-order chi connectivity index (χ0) is 7.84. The molecule has 11 heavy (non-hydrogen) atoms. The van der Waals surface area contributed by atoms with Gasteiger partial charge in [0.15, 0.2) is 5.78 Å². The maximum absolute atomic E-state index is 11.0. The average Bonchev–Trinajstić information content (AvgIpc) is 2.45. The van der Waals surface area contributed by atoms with E-state index in [1.165, 1.54) is 18.2 Å². The van der Waals surface area contributed by atoms with E-state index in [1.807, 2.05) is 0 Å². The molecule has 0 saturated heterocycles. The molecule has 0 aromatic carbocycles. The summed E-state index contributed by atoms with van der Waals surface area (Å²) in [6.07, 6.45) is 5.12. The van der Waals surface area contributed by atoms with Crippen LogP contribution in [0.15, 0.2) is 18.2 Å². The largest absolute Gasteiger partial charge is 0.350 e. The first-order chi connectivity index (χ1) is 5.29. The lowest BCUT2D eigenvalue weighted by Gasteiger charge is -2.00. The maximum Gasteiger partial charge on any atom is 0.202 e. The zero-order valence-electron chi connectivity index (χ0n) is 5.55. The highest BCUT2D eigenvalue weighted by atomic mass is 16.1. The second-order valence-corrected chi connectivity index (χ2v) is 2.26. The lowest BCUT2D eigenvalue weighted by atomic mass is 10.0. The Morgan fingerprint density at radius 1 is 1.18 bits per heavy atom. The summed E-state index contributed by atoms with van der Waals surface area (Å²) in [6, 6.07) is 1.49. The van der Waals surface area contributed by atoms with Gasteiger partial charge < -0.3 is 4.98 Å². The predicted octanol–water partition coefficient (Wildman–Crippen LogP) is 0.750. The molecule has 0 fully saturated rings. The summed E-state index contributed by atoms with van der Waals surface area (Å²) in [7, 11) is 0. The molecule has 1 heterocycles. The molecule has 0 unspecified atom stereocenters. The highest BCUT2D eigenvalue weighted by molar-refractivity contribution is 6.21. The van der Waals surface area contributed by atoms with Crippen LogP contribution in [0.3, 0.4) is 0 Å². The van der Waals surface area contributed by atoms with Gasteiger partial charge >= 0.3 is 0 Å². The van der Waals surface area contributed by atoms with Crippen molar-refractivity contribution in [3.63, 3.8) is 0 Å². The second-order valence-electron chi connectivity index (χ2n) is 2.26. The number of hydrogen-bond acceptors (Lipinski definition) is 2. The van der Waals surface area contributed by atoms with Crippen molar-refractivity contribution in [2.75, 3.05) is 0 Å². The quantitative estimate of drug-likeness (QED) is 0.587. The molecule has 1 aromatic rings. The number of fused-ring (bicyclic) bond motifs is 1. The van der Waals surface area contributed by atoms with Gasteiger partial charge in [-0.1, -0.05) is 0 Å². The summed E-state index contributed by atoms with van der Waals surface area (Å²) >= 11 is 0. The van der Waals surface area contributed by atoms with Crippen LogP contribution in [0.5, 0.6) is 0 Å². The van der Waals surface area contributed by atoms with Crippen molar-refractivity contribution in [1.82, 2.24) is 4.98 Å². The minimum absolute atomic E-state index is 0.142. The van der Waals surface area contributed by atoms with Gasteiger partial charge in [0.2, 0.25) is 5.78 Å². The summed E-state index contributed by atoms with van der Waals surface area (Å²) in [5.74, 6) is -0.307. The highest BCUT2D eigenvalue weighted by Crippen LogP contribution is 2.13. The van der Waals surface area contributed by atoms with Crippen molar-refractivity contribution in [2.45, 2.75) is 0 Å². The van der Waals surface area contributed by atoms with E-state index in [4.69, 9.17) is 0 Å². The smallest absolute Gasteiger partial charge is 0.202 e. The molecule has 1 aliphatic rings. The van der Waals surface area contributed by atoms with E-state index < -0.39 is 0 Å². The Bertz CT molecular complexity index is 327. The molecule has 0 amide bonds. The third-order valence-corrected chi connectivity index (χ3v) is 1.58. The highest BCUT2D eigenvalue weighted by Gasteiger charge is 2.19. The molecular formula is C8H4NO2. The molecule has 0 saturated carbocycles. The van der Waals surface area contributed by atoms with Gasteiger partial charge in [-0.15, -0.1) is 0 Å². The Hall–Kier alpha value is -1.64. The van der Waals surface area contributed by atoms with E-state index in [0.29, 0.717) is 11.3 Å². The Kier molecular flexibility index (Phi) is 1.06. The van der Waals surface area contributed by atoms with Crippen LogP contribution >= 0.6 is 0 Å². The third-order valence-electron chi connectivity index (χ3n) is 1.58. The SMILES string of the molecule is O=C1C=CC(=O)c2[nH][c]cc21. The first kappa shape index (κ1) is 6.09. The number of carbonyl (C=O) groups is 2. The fraction of sp³-hybridized carbons (Fsp3) is 0. The van der Waals surface area contributed by atoms with Gasteiger partial charge in [-0.2, -0.15) is 0 Å². The number of aromatic nitrogens is 1. The van der Waals surface area contributed by atoms with Gasteiger partial charge in [-0.25, -0.2) is 0 Å². The molecule has 0 bridgehead atoms. The van der Waals surface area contributed by atoms with Crippen LogP contribution in [-0.2, 0) is 0 Å². The monoisotopic (exact) mass is 146 g/mol. The van der Waals surface area contributed by atoms with E-state index in [0.717, 1.165) is 0 Å². The van der Waals surface area contributed by atoms with Crippen LogP contribution in [0, 0.1) is 6.20 Å². The molecule has 1 N–H and O–H groups in total. The van der Waals surface area contributed by atoms with E-state index in [2.05, 4.69) is 11.2 Å². The maximum atomic E-state index is 11.0. The molecule has 1 aromatic heterocycles. The minimum atomic E-state index is -0.166. The molecule has 0 atom stereocenters. The summed E-state index contributed by atoms with van der Waals surface area (Å²) in [6.45, 7) is 0. The Balaban J connectivity index is 2.68. The van der Waals surface area contributed by atoms with E-state index in [-0.39, 0.29) is 11.6 Å². The lowest BCUT2D eigenvalue weighted by Crippen LogP contribution is -2.09. The molecule has 0 aliphatic heterocycles. The van der Waals surface area contributed by atoms with Gasteiger partial charge in [-0.05, 0) is 18.2 Å². The second kappa shape index (κ2) is 1.92. The van der Waals surface area contributed by atoms with E-state index in [9.17, 15) is 9.59 Å². The van der Waals surface area contributed by atoms with Crippen molar-refractivity contribution >= 4 is 11.6 Å². The molecule has 1 aliphatic carbocycles. The van der Waals surface area contributed by atoms with Crippen LogP contribution in [0.25, 0.3) is 0 Å². The number of nitrogens with one attached hydrogen (secondary N) is 1.